The fourth-order valence-electron chi connectivity index (χ4n) is 2.29. The minimum Gasteiger partial charge on any atom is -0.486 e. The van der Waals surface area contributed by atoms with Crippen LogP contribution in [0.25, 0.3) is 0 Å². The van der Waals surface area contributed by atoms with Gasteiger partial charge in [-0.3, -0.25) is 9.59 Å². The van der Waals surface area contributed by atoms with Gasteiger partial charge < -0.3 is 19.5 Å². The second-order valence-electron chi connectivity index (χ2n) is 5.56. The van der Waals surface area contributed by atoms with Crippen LogP contribution in [0, 0.1) is 0 Å². The zero-order valence-electron chi connectivity index (χ0n) is 14.1. The number of benzene rings is 2. The van der Waals surface area contributed by atoms with E-state index in [1.165, 1.54) is 11.8 Å². The number of esters is 1. The van der Waals surface area contributed by atoms with Gasteiger partial charge in [0.25, 0.3) is 5.91 Å². The summed E-state index contributed by atoms with van der Waals surface area (Å²) in [4.78, 5) is 24.5. The highest BCUT2D eigenvalue weighted by atomic mass is 32.2. The maximum atomic E-state index is 11.8. The molecule has 136 valence electrons. The fourth-order valence-corrected chi connectivity index (χ4v) is 3.01. The van der Waals surface area contributed by atoms with Crippen LogP contribution < -0.4 is 14.8 Å². The number of carbonyl (C=O) groups excluding carboxylic acids is 2. The molecule has 2 aromatic rings. The van der Waals surface area contributed by atoms with Crippen LogP contribution in [-0.4, -0.2) is 43.5 Å². The lowest BCUT2D eigenvalue weighted by Gasteiger charge is -2.26. The average Bonchev–Trinajstić information content (AvgIpc) is 2.69. The van der Waals surface area contributed by atoms with Crippen LogP contribution in [0.3, 0.4) is 0 Å². The van der Waals surface area contributed by atoms with Crippen molar-refractivity contribution >= 4 is 23.6 Å². The van der Waals surface area contributed by atoms with Crippen LogP contribution in [0.1, 0.15) is 0 Å². The van der Waals surface area contributed by atoms with E-state index in [0.29, 0.717) is 18.1 Å². The van der Waals surface area contributed by atoms with E-state index in [-0.39, 0.29) is 30.9 Å². The summed E-state index contributed by atoms with van der Waals surface area (Å²) in [5.41, 5.74) is 0. The van der Waals surface area contributed by atoms with Crippen molar-refractivity contribution in [3.05, 3.63) is 54.6 Å². The molecule has 1 N–H and O–H groups in total. The Balaban J connectivity index is 1.32. The Kier molecular flexibility index (Phi) is 6.38. The Bertz CT molecular complexity index is 753. The topological polar surface area (TPSA) is 73.9 Å². The van der Waals surface area contributed by atoms with Crippen LogP contribution in [-0.2, 0) is 14.3 Å². The molecule has 0 unspecified atom stereocenters. The molecule has 0 radical (unpaired) electrons. The average molecular weight is 373 g/mol. The molecule has 26 heavy (non-hydrogen) atoms. The molecule has 2 aromatic carbocycles. The summed E-state index contributed by atoms with van der Waals surface area (Å²) >= 11 is 1.37. The molecule has 7 heteroatoms. The minimum absolute atomic E-state index is 0.160. The number of fused-ring (bicyclic) bond motifs is 1. The normalized spacial score (nSPS) is 15.2. The standard InChI is InChI=1S/C19H19NO5S/c21-18(12-24-19(22)13-26-15-6-2-1-3-7-15)20-10-14-11-23-16-8-4-5-9-17(16)25-14/h1-9,14H,10-13H2,(H,20,21)/t14-/m0/s1. The first kappa shape index (κ1) is 18.1. The number of hydrogen-bond donors (Lipinski definition) is 1. The third-order valence-electron chi connectivity index (χ3n) is 3.56. The molecule has 1 aliphatic heterocycles. The fraction of sp³-hybridized carbons (Fsp3) is 0.263. The van der Waals surface area contributed by atoms with Crippen molar-refractivity contribution in [2.24, 2.45) is 0 Å². The molecule has 0 spiro atoms. The second kappa shape index (κ2) is 9.15. The number of para-hydroxylation sites is 2. The first-order valence-electron chi connectivity index (χ1n) is 8.19. The van der Waals surface area contributed by atoms with E-state index >= 15 is 0 Å². The third-order valence-corrected chi connectivity index (χ3v) is 4.54. The molecule has 1 aliphatic rings. The monoisotopic (exact) mass is 373 g/mol. The van der Waals surface area contributed by atoms with Gasteiger partial charge in [0.2, 0.25) is 0 Å². The molecule has 0 saturated carbocycles. The van der Waals surface area contributed by atoms with Crippen molar-refractivity contribution in [3.8, 4) is 11.5 Å². The maximum Gasteiger partial charge on any atom is 0.316 e. The Morgan fingerprint density at radius 1 is 1.08 bits per heavy atom. The molecule has 1 amide bonds. The Morgan fingerprint density at radius 2 is 1.81 bits per heavy atom. The first-order chi connectivity index (χ1) is 12.7. The lowest BCUT2D eigenvalue weighted by molar-refractivity contribution is -0.146. The van der Waals surface area contributed by atoms with Crippen molar-refractivity contribution < 1.29 is 23.8 Å². The highest BCUT2D eigenvalue weighted by Gasteiger charge is 2.21. The van der Waals surface area contributed by atoms with E-state index in [9.17, 15) is 9.59 Å². The predicted octanol–water partition coefficient (Wildman–Crippen LogP) is 2.28. The number of thioether (sulfide) groups is 1. The van der Waals surface area contributed by atoms with Gasteiger partial charge in [0.15, 0.2) is 18.1 Å². The van der Waals surface area contributed by atoms with E-state index in [4.69, 9.17) is 14.2 Å². The van der Waals surface area contributed by atoms with Crippen LogP contribution in [0.2, 0.25) is 0 Å². The van der Waals surface area contributed by atoms with E-state index in [2.05, 4.69) is 5.32 Å². The second-order valence-corrected chi connectivity index (χ2v) is 6.61. The molecular formula is C19H19NO5S. The Hall–Kier alpha value is -2.67. The summed E-state index contributed by atoms with van der Waals surface area (Å²) < 4.78 is 16.3. The van der Waals surface area contributed by atoms with Crippen molar-refractivity contribution in [2.45, 2.75) is 11.0 Å². The highest BCUT2D eigenvalue weighted by Crippen LogP contribution is 2.30. The first-order valence-corrected chi connectivity index (χ1v) is 9.18. The summed E-state index contributed by atoms with van der Waals surface area (Å²) in [6.45, 7) is 0.326. The van der Waals surface area contributed by atoms with E-state index in [1.54, 1.807) is 0 Å². The largest absolute Gasteiger partial charge is 0.486 e. The zero-order valence-corrected chi connectivity index (χ0v) is 14.9. The van der Waals surface area contributed by atoms with Gasteiger partial charge in [-0.25, -0.2) is 0 Å². The molecule has 6 nitrogen and oxygen atoms in total. The number of amides is 1. The van der Waals surface area contributed by atoms with Gasteiger partial charge in [-0.05, 0) is 24.3 Å². The number of hydrogen-bond acceptors (Lipinski definition) is 6. The molecule has 0 saturated heterocycles. The van der Waals surface area contributed by atoms with Gasteiger partial charge in [0.1, 0.15) is 12.7 Å². The van der Waals surface area contributed by atoms with E-state index in [0.717, 1.165) is 4.90 Å². The van der Waals surface area contributed by atoms with Crippen molar-refractivity contribution in [2.75, 3.05) is 25.5 Å². The SMILES string of the molecule is O=C(COC(=O)CSc1ccccc1)NC[C@H]1COc2ccccc2O1. The molecule has 0 fully saturated rings. The van der Waals surface area contributed by atoms with Crippen molar-refractivity contribution in [3.63, 3.8) is 0 Å². The quantitative estimate of drug-likeness (QED) is 0.593. The third kappa shape index (κ3) is 5.42. The van der Waals surface area contributed by atoms with Crippen LogP contribution in [0.15, 0.2) is 59.5 Å². The van der Waals surface area contributed by atoms with Gasteiger partial charge in [-0.1, -0.05) is 30.3 Å². The van der Waals surface area contributed by atoms with Gasteiger partial charge in [-0.15, -0.1) is 11.8 Å². The highest BCUT2D eigenvalue weighted by molar-refractivity contribution is 8.00. The van der Waals surface area contributed by atoms with Gasteiger partial charge >= 0.3 is 5.97 Å². The molecular weight excluding hydrogens is 354 g/mol. The van der Waals surface area contributed by atoms with E-state index in [1.807, 2.05) is 54.6 Å². The molecule has 1 atom stereocenters. The van der Waals surface area contributed by atoms with Gasteiger partial charge in [0, 0.05) is 4.90 Å². The van der Waals surface area contributed by atoms with Crippen molar-refractivity contribution in [1.29, 1.82) is 0 Å². The summed E-state index contributed by atoms with van der Waals surface area (Å²) in [6, 6.07) is 16.9. The Labute approximate surface area is 155 Å². The van der Waals surface area contributed by atoms with Crippen LogP contribution >= 0.6 is 11.8 Å². The Morgan fingerprint density at radius 3 is 2.62 bits per heavy atom. The van der Waals surface area contributed by atoms with E-state index < -0.39 is 5.97 Å². The molecule has 3 rings (SSSR count). The summed E-state index contributed by atoms with van der Waals surface area (Å²) in [7, 11) is 0. The maximum absolute atomic E-state index is 11.8. The zero-order chi connectivity index (χ0) is 18.2. The number of rotatable bonds is 7. The minimum atomic E-state index is -0.430. The lowest BCUT2D eigenvalue weighted by atomic mass is 10.2. The van der Waals surface area contributed by atoms with Gasteiger partial charge in [-0.2, -0.15) is 0 Å². The summed E-state index contributed by atoms with van der Waals surface area (Å²) in [6.07, 6.45) is -0.279. The molecule has 0 bridgehead atoms. The van der Waals surface area contributed by atoms with Crippen LogP contribution in [0.5, 0.6) is 11.5 Å². The summed E-state index contributed by atoms with van der Waals surface area (Å²) in [5.74, 6) is 0.709. The summed E-state index contributed by atoms with van der Waals surface area (Å²) in [5, 5.41) is 2.68. The predicted molar refractivity (Wildman–Crippen MR) is 97.5 cm³/mol. The van der Waals surface area contributed by atoms with Gasteiger partial charge in [0.05, 0.1) is 12.3 Å². The number of nitrogens with one attached hydrogen (secondary N) is 1. The van der Waals surface area contributed by atoms with Crippen molar-refractivity contribution in [1.82, 2.24) is 5.32 Å². The molecule has 0 aliphatic carbocycles. The lowest BCUT2D eigenvalue weighted by Crippen LogP contribution is -2.42. The van der Waals surface area contributed by atoms with Crippen LogP contribution in [0.4, 0.5) is 0 Å². The number of ether oxygens (including phenoxy) is 3. The molecule has 1 heterocycles. The molecule has 0 aromatic heterocycles. The number of carbonyl (C=O) groups is 2. The smallest absolute Gasteiger partial charge is 0.316 e.